The maximum atomic E-state index is 12.2. The molecule has 3 rings (SSSR count). The molecular formula is C16H18N2O2S. The fourth-order valence-electron chi connectivity index (χ4n) is 2.65. The van der Waals surface area contributed by atoms with Crippen LogP contribution in [0.15, 0.2) is 53.4 Å². The van der Waals surface area contributed by atoms with Gasteiger partial charge in [-0.25, -0.2) is 8.42 Å². The Morgan fingerprint density at radius 1 is 1.10 bits per heavy atom. The Morgan fingerprint density at radius 3 is 2.62 bits per heavy atom. The van der Waals surface area contributed by atoms with E-state index in [4.69, 9.17) is 0 Å². The second-order valence-electron chi connectivity index (χ2n) is 5.46. The van der Waals surface area contributed by atoms with E-state index in [2.05, 4.69) is 5.32 Å². The second kappa shape index (κ2) is 5.07. The Balaban J connectivity index is 1.92. The minimum Gasteiger partial charge on any atom is -0.378 e. The molecule has 0 radical (unpaired) electrons. The van der Waals surface area contributed by atoms with Crippen LogP contribution in [-0.4, -0.2) is 28.3 Å². The first kappa shape index (κ1) is 13.9. The summed E-state index contributed by atoms with van der Waals surface area (Å²) in [6, 6.07) is 15.0. The van der Waals surface area contributed by atoms with Crippen molar-refractivity contribution in [2.45, 2.75) is 10.9 Å². The summed E-state index contributed by atoms with van der Waals surface area (Å²) in [5.74, 6) is 0.110. The van der Waals surface area contributed by atoms with Crippen LogP contribution >= 0.6 is 0 Å². The molecule has 0 saturated carbocycles. The van der Waals surface area contributed by atoms with Gasteiger partial charge in [0.25, 0.3) is 0 Å². The highest BCUT2D eigenvalue weighted by Gasteiger charge is 2.34. The van der Waals surface area contributed by atoms with Gasteiger partial charge in [-0.15, -0.1) is 0 Å². The number of benzene rings is 2. The van der Waals surface area contributed by atoms with E-state index in [1.807, 2.05) is 55.4 Å². The second-order valence-corrected chi connectivity index (χ2v) is 7.46. The molecule has 1 atom stereocenters. The van der Waals surface area contributed by atoms with Crippen LogP contribution in [0.3, 0.4) is 0 Å². The third-order valence-corrected chi connectivity index (χ3v) is 5.53. The van der Waals surface area contributed by atoms with Crippen LogP contribution < -0.4 is 10.2 Å². The number of nitrogens with one attached hydrogen (secondary N) is 1. The smallest absolute Gasteiger partial charge is 0.181 e. The van der Waals surface area contributed by atoms with E-state index >= 15 is 0 Å². The molecule has 0 bridgehead atoms. The lowest BCUT2D eigenvalue weighted by Crippen LogP contribution is -2.14. The molecular weight excluding hydrogens is 284 g/mol. The number of rotatable bonds is 3. The number of anilines is 2. The van der Waals surface area contributed by atoms with E-state index in [9.17, 15) is 8.42 Å². The summed E-state index contributed by atoms with van der Waals surface area (Å²) in [5, 5.41) is 3.34. The number of nitrogens with zero attached hydrogens (tertiary/aromatic N) is 1. The van der Waals surface area contributed by atoms with E-state index < -0.39 is 9.84 Å². The molecule has 21 heavy (non-hydrogen) atoms. The molecule has 2 aromatic carbocycles. The minimum absolute atomic E-state index is 0.110. The van der Waals surface area contributed by atoms with Crippen molar-refractivity contribution in [2.75, 3.05) is 30.1 Å². The van der Waals surface area contributed by atoms with Crippen LogP contribution in [0.25, 0.3) is 0 Å². The maximum absolute atomic E-state index is 12.2. The SMILES string of the molecule is CN(C)c1cccc(NC2CS(=O)(=O)c3ccccc32)c1. The maximum Gasteiger partial charge on any atom is 0.181 e. The highest BCUT2D eigenvalue weighted by Crippen LogP contribution is 2.35. The van der Waals surface area contributed by atoms with Crippen molar-refractivity contribution in [1.29, 1.82) is 0 Å². The van der Waals surface area contributed by atoms with Crippen molar-refractivity contribution in [1.82, 2.24) is 0 Å². The predicted octanol–water partition coefficient (Wildman–Crippen LogP) is 2.69. The summed E-state index contributed by atoms with van der Waals surface area (Å²) in [6.07, 6.45) is 0. The lowest BCUT2D eigenvalue weighted by molar-refractivity contribution is 0.598. The summed E-state index contributed by atoms with van der Waals surface area (Å²) in [7, 11) is 0.787. The quantitative estimate of drug-likeness (QED) is 0.947. The Hall–Kier alpha value is -2.01. The van der Waals surface area contributed by atoms with Crippen LogP contribution in [0.5, 0.6) is 0 Å². The molecule has 1 aliphatic heterocycles. The van der Waals surface area contributed by atoms with E-state index in [0.717, 1.165) is 16.9 Å². The van der Waals surface area contributed by atoms with Gasteiger partial charge in [-0.2, -0.15) is 0 Å². The van der Waals surface area contributed by atoms with E-state index in [1.165, 1.54) is 0 Å². The molecule has 0 saturated heterocycles. The van der Waals surface area contributed by atoms with Gasteiger partial charge in [-0.3, -0.25) is 0 Å². The van der Waals surface area contributed by atoms with Crippen molar-refractivity contribution in [3.63, 3.8) is 0 Å². The van der Waals surface area contributed by atoms with Gasteiger partial charge >= 0.3 is 0 Å². The molecule has 110 valence electrons. The molecule has 0 fully saturated rings. The van der Waals surface area contributed by atoms with Gasteiger partial charge in [-0.1, -0.05) is 24.3 Å². The monoisotopic (exact) mass is 302 g/mol. The molecule has 0 amide bonds. The average molecular weight is 302 g/mol. The Morgan fingerprint density at radius 2 is 1.86 bits per heavy atom. The number of hydrogen-bond donors (Lipinski definition) is 1. The largest absolute Gasteiger partial charge is 0.378 e. The summed E-state index contributed by atoms with van der Waals surface area (Å²) in [4.78, 5) is 2.47. The molecule has 1 aliphatic rings. The van der Waals surface area contributed by atoms with Crippen LogP contribution in [0, 0.1) is 0 Å². The van der Waals surface area contributed by atoms with E-state index in [0.29, 0.717) is 4.90 Å². The highest BCUT2D eigenvalue weighted by atomic mass is 32.2. The summed E-state index contributed by atoms with van der Waals surface area (Å²) in [5.41, 5.74) is 2.86. The minimum atomic E-state index is -3.17. The van der Waals surface area contributed by atoms with Crippen molar-refractivity contribution < 1.29 is 8.42 Å². The van der Waals surface area contributed by atoms with E-state index in [1.54, 1.807) is 12.1 Å². The zero-order valence-electron chi connectivity index (χ0n) is 12.1. The average Bonchev–Trinajstić information content (AvgIpc) is 2.71. The Bertz CT molecular complexity index is 769. The van der Waals surface area contributed by atoms with Crippen molar-refractivity contribution in [2.24, 2.45) is 0 Å². The number of sulfone groups is 1. The van der Waals surface area contributed by atoms with Crippen molar-refractivity contribution in [3.05, 3.63) is 54.1 Å². The van der Waals surface area contributed by atoms with Crippen molar-refractivity contribution in [3.8, 4) is 0 Å². The first-order valence-corrected chi connectivity index (χ1v) is 8.48. The van der Waals surface area contributed by atoms with Gasteiger partial charge in [0.2, 0.25) is 0 Å². The van der Waals surface area contributed by atoms with Crippen LogP contribution in [0.2, 0.25) is 0 Å². The fraction of sp³-hybridized carbons (Fsp3) is 0.250. The molecule has 1 heterocycles. The number of fused-ring (bicyclic) bond motifs is 1. The third-order valence-electron chi connectivity index (χ3n) is 3.72. The van der Waals surface area contributed by atoms with Gasteiger partial charge in [0.15, 0.2) is 9.84 Å². The van der Waals surface area contributed by atoms with Crippen LogP contribution in [-0.2, 0) is 9.84 Å². The topological polar surface area (TPSA) is 49.4 Å². The van der Waals surface area contributed by atoms with Crippen molar-refractivity contribution >= 4 is 21.2 Å². The Labute approximate surface area is 125 Å². The first-order valence-electron chi connectivity index (χ1n) is 6.83. The lowest BCUT2D eigenvalue weighted by Gasteiger charge is -2.17. The molecule has 0 aliphatic carbocycles. The number of hydrogen-bond acceptors (Lipinski definition) is 4. The van der Waals surface area contributed by atoms with E-state index in [-0.39, 0.29) is 11.8 Å². The normalized spacial score (nSPS) is 19.0. The molecule has 0 aromatic heterocycles. The lowest BCUT2D eigenvalue weighted by atomic mass is 10.1. The van der Waals surface area contributed by atoms with Gasteiger partial charge in [-0.05, 0) is 29.8 Å². The van der Waals surface area contributed by atoms with Gasteiger partial charge in [0.1, 0.15) is 0 Å². The van der Waals surface area contributed by atoms with Crippen LogP contribution in [0.4, 0.5) is 11.4 Å². The molecule has 0 spiro atoms. The van der Waals surface area contributed by atoms with Gasteiger partial charge in [0, 0.05) is 25.5 Å². The zero-order chi connectivity index (χ0) is 15.0. The standard InChI is InChI=1S/C16H18N2O2S/c1-18(2)13-7-5-6-12(10-13)17-15-11-21(19,20)16-9-4-3-8-14(15)16/h3-10,15,17H,11H2,1-2H3. The molecule has 4 nitrogen and oxygen atoms in total. The summed E-state index contributed by atoms with van der Waals surface area (Å²) < 4.78 is 24.4. The zero-order valence-corrected chi connectivity index (χ0v) is 12.9. The molecule has 2 aromatic rings. The fourth-order valence-corrected chi connectivity index (χ4v) is 4.38. The first-order chi connectivity index (χ1) is 9.97. The third kappa shape index (κ3) is 2.61. The Kier molecular flexibility index (Phi) is 3.37. The molecule has 1 N–H and O–H groups in total. The van der Waals surface area contributed by atoms with Crippen LogP contribution in [0.1, 0.15) is 11.6 Å². The summed E-state index contributed by atoms with van der Waals surface area (Å²) in [6.45, 7) is 0. The van der Waals surface area contributed by atoms with Gasteiger partial charge in [0.05, 0.1) is 16.7 Å². The molecule has 1 unspecified atom stereocenters. The summed E-state index contributed by atoms with van der Waals surface area (Å²) >= 11 is 0. The predicted molar refractivity (Wildman–Crippen MR) is 85.6 cm³/mol. The highest BCUT2D eigenvalue weighted by molar-refractivity contribution is 7.91. The van der Waals surface area contributed by atoms with Gasteiger partial charge < -0.3 is 10.2 Å². The molecule has 5 heteroatoms.